The van der Waals surface area contributed by atoms with Crippen LogP contribution in [-0.4, -0.2) is 40.9 Å². The Bertz CT molecular complexity index is 557. The van der Waals surface area contributed by atoms with Gasteiger partial charge in [-0.05, 0) is 34.6 Å². The van der Waals surface area contributed by atoms with Crippen LogP contribution in [-0.2, 0) is 15.9 Å². The highest BCUT2D eigenvalue weighted by Gasteiger charge is 2.23. The van der Waals surface area contributed by atoms with Crippen LogP contribution in [0, 0.1) is 0 Å². The Kier molecular flexibility index (Phi) is 5.41. The van der Waals surface area contributed by atoms with Crippen LogP contribution >= 0.6 is 0 Å². The standard InChI is InChI=1S/C16H26N4O3/c1-10-8-13-12(11(2)22-10)9-19-14(20-13)17-6-7-18-15(21)23-16(3,4)5/h9-11H,6-8H2,1-5H3,(H,18,21)(H,17,19,20). The number of alkyl carbamates (subject to hydrolysis) is 1. The summed E-state index contributed by atoms with van der Waals surface area (Å²) in [5.41, 5.74) is 1.57. The second-order valence-corrected chi connectivity index (χ2v) is 6.74. The fraction of sp³-hybridized carbons (Fsp3) is 0.688. The summed E-state index contributed by atoms with van der Waals surface area (Å²) in [6, 6.07) is 0. The van der Waals surface area contributed by atoms with Gasteiger partial charge in [0.2, 0.25) is 5.95 Å². The van der Waals surface area contributed by atoms with Crippen LogP contribution < -0.4 is 10.6 Å². The predicted molar refractivity (Wildman–Crippen MR) is 87.4 cm³/mol. The number of fused-ring (bicyclic) bond motifs is 1. The lowest BCUT2D eigenvalue weighted by Gasteiger charge is -2.27. The number of anilines is 1. The van der Waals surface area contributed by atoms with Crippen molar-refractivity contribution in [3.05, 3.63) is 17.5 Å². The van der Waals surface area contributed by atoms with Crippen LogP contribution in [0.5, 0.6) is 0 Å². The van der Waals surface area contributed by atoms with Crippen molar-refractivity contribution in [3.8, 4) is 0 Å². The number of carbonyl (C=O) groups is 1. The van der Waals surface area contributed by atoms with Crippen molar-refractivity contribution in [2.45, 2.75) is 58.8 Å². The van der Waals surface area contributed by atoms with E-state index in [2.05, 4.69) is 20.6 Å². The summed E-state index contributed by atoms with van der Waals surface area (Å²) in [6.45, 7) is 10.5. The first-order chi connectivity index (χ1) is 10.7. The molecule has 0 aliphatic carbocycles. The molecule has 128 valence electrons. The highest BCUT2D eigenvalue weighted by Crippen LogP contribution is 2.28. The zero-order valence-electron chi connectivity index (χ0n) is 14.5. The van der Waals surface area contributed by atoms with E-state index in [0.717, 1.165) is 17.7 Å². The van der Waals surface area contributed by atoms with E-state index in [-0.39, 0.29) is 12.2 Å². The van der Waals surface area contributed by atoms with E-state index in [1.807, 2.05) is 40.8 Å². The van der Waals surface area contributed by atoms with Gasteiger partial charge in [0.05, 0.1) is 17.9 Å². The van der Waals surface area contributed by atoms with Gasteiger partial charge in [-0.2, -0.15) is 0 Å². The van der Waals surface area contributed by atoms with Gasteiger partial charge >= 0.3 is 6.09 Å². The summed E-state index contributed by atoms with van der Waals surface area (Å²) in [6.07, 6.45) is 2.35. The molecule has 1 amide bonds. The molecule has 7 nitrogen and oxygen atoms in total. The maximum absolute atomic E-state index is 11.5. The first-order valence-electron chi connectivity index (χ1n) is 7.96. The molecule has 2 heterocycles. The molecule has 0 saturated heterocycles. The zero-order valence-corrected chi connectivity index (χ0v) is 14.5. The van der Waals surface area contributed by atoms with Crippen LogP contribution in [0.2, 0.25) is 0 Å². The Morgan fingerprint density at radius 3 is 2.83 bits per heavy atom. The number of carbonyl (C=O) groups excluding carboxylic acids is 1. The lowest BCUT2D eigenvalue weighted by atomic mass is 10.0. The number of hydrogen-bond donors (Lipinski definition) is 2. The van der Waals surface area contributed by atoms with Gasteiger partial charge in [0.15, 0.2) is 0 Å². The second kappa shape index (κ2) is 7.12. The molecule has 0 bridgehead atoms. The van der Waals surface area contributed by atoms with Crippen molar-refractivity contribution < 1.29 is 14.3 Å². The molecule has 2 unspecified atom stereocenters. The first-order valence-corrected chi connectivity index (χ1v) is 7.96. The maximum atomic E-state index is 11.5. The highest BCUT2D eigenvalue weighted by molar-refractivity contribution is 5.67. The van der Waals surface area contributed by atoms with Gasteiger partial charge in [-0.3, -0.25) is 0 Å². The first kappa shape index (κ1) is 17.5. The molecule has 7 heteroatoms. The van der Waals surface area contributed by atoms with Crippen molar-refractivity contribution in [2.24, 2.45) is 0 Å². The number of nitrogens with one attached hydrogen (secondary N) is 2. The average molecular weight is 322 g/mol. The van der Waals surface area contributed by atoms with Crippen LogP contribution in [0.25, 0.3) is 0 Å². The van der Waals surface area contributed by atoms with Crippen molar-refractivity contribution in [2.75, 3.05) is 18.4 Å². The van der Waals surface area contributed by atoms with Gasteiger partial charge in [0, 0.05) is 31.3 Å². The Labute approximate surface area is 137 Å². The number of rotatable bonds is 4. The van der Waals surface area contributed by atoms with E-state index in [4.69, 9.17) is 9.47 Å². The molecule has 0 spiro atoms. The number of ether oxygens (including phenoxy) is 2. The van der Waals surface area contributed by atoms with Crippen molar-refractivity contribution in [1.82, 2.24) is 15.3 Å². The van der Waals surface area contributed by atoms with Crippen LogP contribution in [0.15, 0.2) is 6.20 Å². The lowest BCUT2D eigenvalue weighted by Crippen LogP contribution is -2.35. The Hall–Kier alpha value is -1.89. The second-order valence-electron chi connectivity index (χ2n) is 6.74. The van der Waals surface area contributed by atoms with Gasteiger partial charge in [-0.25, -0.2) is 14.8 Å². The van der Waals surface area contributed by atoms with E-state index in [1.54, 1.807) is 0 Å². The van der Waals surface area contributed by atoms with Crippen molar-refractivity contribution in [1.29, 1.82) is 0 Å². The number of aromatic nitrogens is 2. The van der Waals surface area contributed by atoms with Crippen molar-refractivity contribution >= 4 is 12.0 Å². The van der Waals surface area contributed by atoms with E-state index in [1.165, 1.54) is 0 Å². The predicted octanol–water partition coefficient (Wildman–Crippen LogP) is 2.44. The molecule has 1 aliphatic rings. The quantitative estimate of drug-likeness (QED) is 0.828. The topological polar surface area (TPSA) is 85.4 Å². The minimum Gasteiger partial charge on any atom is -0.444 e. The molecule has 1 aromatic rings. The van der Waals surface area contributed by atoms with Gasteiger partial charge in [0.25, 0.3) is 0 Å². The van der Waals surface area contributed by atoms with Gasteiger partial charge in [0.1, 0.15) is 5.60 Å². The van der Waals surface area contributed by atoms with E-state index >= 15 is 0 Å². The molecular weight excluding hydrogens is 296 g/mol. The van der Waals surface area contributed by atoms with Gasteiger partial charge in [-0.1, -0.05) is 0 Å². The molecular formula is C16H26N4O3. The molecule has 1 aliphatic heterocycles. The van der Waals surface area contributed by atoms with Gasteiger partial charge in [-0.15, -0.1) is 0 Å². The molecule has 1 aromatic heterocycles. The van der Waals surface area contributed by atoms with E-state index in [0.29, 0.717) is 19.0 Å². The summed E-state index contributed by atoms with van der Waals surface area (Å²) in [7, 11) is 0. The third-order valence-corrected chi connectivity index (χ3v) is 3.33. The Balaban J connectivity index is 1.81. The molecule has 2 atom stereocenters. The molecule has 0 radical (unpaired) electrons. The van der Waals surface area contributed by atoms with Crippen molar-refractivity contribution in [3.63, 3.8) is 0 Å². The zero-order chi connectivity index (χ0) is 17.0. The van der Waals surface area contributed by atoms with Crippen LogP contribution in [0.4, 0.5) is 10.7 Å². The number of amides is 1. The molecule has 0 aromatic carbocycles. The molecule has 23 heavy (non-hydrogen) atoms. The molecule has 2 rings (SSSR count). The molecule has 0 fully saturated rings. The SMILES string of the molecule is CC1Cc2nc(NCCNC(=O)OC(C)(C)C)ncc2C(C)O1. The summed E-state index contributed by atoms with van der Waals surface area (Å²) < 4.78 is 10.9. The fourth-order valence-corrected chi connectivity index (χ4v) is 2.41. The van der Waals surface area contributed by atoms with E-state index in [9.17, 15) is 4.79 Å². The van der Waals surface area contributed by atoms with Crippen LogP contribution in [0.1, 0.15) is 52.0 Å². The summed E-state index contributed by atoms with van der Waals surface area (Å²) >= 11 is 0. The maximum Gasteiger partial charge on any atom is 0.407 e. The average Bonchev–Trinajstić information content (AvgIpc) is 2.41. The van der Waals surface area contributed by atoms with Crippen LogP contribution in [0.3, 0.4) is 0 Å². The third-order valence-electron chi connectivity index (χ3n) is 3.33. The molecule has 2 N–H and O–H groups in total. The smallest absolute Gasteiger partial charge is 0.407 e. The highest BCUT2D eigenvalue weighted by atomic mass is 16.6. The summed E-state index contributed by atoms with van der Waals surface area (Å²) in [5, 5.41) is 5.80. The number of nitrogens with zero attached hydrogens (tertiary/aromatic N) is 2. The Morgan fingerprint density at radius 2 is 2.13 bits per heavy atom. The molecule has 0 saturated carbocycles. The van der Waals surface area contributed by atoms with Gasteiger partial charge < -0.3 is 20.1 Å². The minimum absolute atomic E-state index is 0.0247. The number of hydrogen-bond acceptors (Lipinski definition) is 6. The normalized spacial score (nSPS) is 20.6. The summed E-state index contributed by atoms with van der Waals surface area (Å²) in [5.74, 6) is 0.566. The third kappa shape index (κ3) is 5.35. The minimum atomic E-state index is -0.491. The summed E-state index contributed by atoms with van der Waals surface area (Å²) in [4.78, 5) is 20.4. The van der Waals surface area contributed by atoms with E-state index < -0.39 is 11.7 Å². The monoisotopic (exact) mass is 322 g/mol. The Morgan fingerprint density at radius 1 is 1.39 bits per heavy atom. The fourth-order valence-electron chi connectivity index (χ4n) is 2.41. The lowest BCUT2D eigenvalue weighted by molar-refractivity contribution is -0.00616. The largest absolute Gasteiger partial charge is 0.444 e.